The van der Waals surface area contributed by atoms with Crippen molar-refractivity contribution in [2.24, 2.45) is 0 Å². The molecule has 0 saturated heterocycles. The predicted molar refractivity (Wildman–Crippen MR) is 70.4 cm³/mol. The van der Waals surface area contributed by atoms with Gasteiger partial charge in [-0.2, -0.15) is 0 Å². The van der Waals surface area contributed by atoms with Gasteiger partial charge in [0.1, 0.15) is 5.75 Å². The lowest BCUT2D eigenvalue weighted by atomic mass is 10.1. The van der Waals surface area contributed by atoms with Crippen molar-refractivity contribution in [3.63, 3.8) is 0 Å². The summed E-state index contributed by atoms with van der Waals surface area (Å²) < 4.78 is 5.62. The monoisotopic (exact) mass is 249 g/mol. The molecule has 0 heterocycles. The van der Waals surface area contributed by atoms with E-state index in [9.17, 15) is 9.90 Å². The Morgan fingerprint density at radius 3 is 2.94 bits per heavy atom. The van der Waals surface area contributed by atoms with Crippen LogP contribution in [0.25, 0.3) is 0 Å². The molecule has 0 bridgehead atoms. The van der Waals surface area contributed by atoms with E-state index in [2.05, 4.69) is 11.9 Å². The van der Waals surface area contributed by atoms with E-state index in [1.807, 2.05) is 19.1 Å². The summed E-state index contributed by atoms with van der Waals surface area (Å²) in [7, 11) is 0. The number of rotatable bonds is 6. The number of carbonyl (C=O) groups excluding carboxylic acids is 1. The van der Waals surface area contributed by atoms with Crippen LogP contribution in [-0.4, -0.2) is 23.7 Å². The van der Waals surface area contributed by atoms with Gasteiger partial charge in [0.15, 0.2) is 6.10 Å². The Hall–Kier alpha value is -1.81. The third-order valence-corrected chi connectivity index (χ3v) is 2.55. The molecule has 0 fully saturated rings. The van der Waals surface area contributed by atoms with Crippen LogP contribution >= 0.6 is 0 Å². The van der Waals surface area contributed by atoms with Crippen LogP contribution in [0.2, 0.25) is 0 Å². The molecule has 0 aliphatic carbocycles. The molecule has 1 unspecified atom stereocenters. The summed E-state index contributed by atoms with van der Waals surface area (Å²) >= 11 is 0. The molecule has 0 saturated carbocycles. The fraction of sp³-hybridized carbons (Fsp3) is 0.357. The smallest absolute Gasteiger partial charge is 0.261 e. The van der Waals surface area contributed by atoms with E-state index < -0.39 is 6.10 Å². The molecule has 0 aliphatic heterocycles. The van der Waals surface area contributed by atoms with Gasteiger partial charge in [-0.15, -0.1) is 6.58 Å². The van der Waals surface area contributed by atoms with E-state index in [4.69, 9.17) is 4.74 Å². The number of amides is 1. The Bertz CT molecular complexity index is 429. The summed E-state index contributed by atoms with van der Waals surface area (Å²) in [4.78, 5) is 11.7. The molecule has 0 spiro atoms. The number of aliphatic hydroxyl groups excluding tert-OH is 1. The predicted octanol–water partition coefficient (Wildman–Crippen LogP) is 1.56. The molecular weight excluding hydrogens is 230 g/mol. The summed E-state index contributed by atoms with van der Waals surface area (Å²) in [5, 5.41) is 11.9. The fourth-order valence-corrected chi connectivity index (χ4v) is 1.55. The summed E-state index contributed by atoms with van der Waals surface area (Å²) in [6.45, 7) is 7.38. The maximum atomic E-state index is 11.7. The Kier molecular flexibility index (Phi) is 5.39. The Balaban J connectivity index is 2.77. The number of nitrogens with one attached hydrogen (secondary N) is 1. The van der Waals surface area contributed by atoms with Gasteiger partial charge >= 0.3 is 0 Å². The van der Waals surface area contributed by atoms with E-state index in [0.29, 0.717) is 17.9 Å². The third-order valence-electron chi connectivity index (χ3n) is 2.55. The highest BCUT2D eigenvalue weighted by molar-refractivity contribution is 5.80. The summed E-state index contributed by atoms with van der Waals surface area (Å²) in [5.41, 5.74) is 1.57. The largest absolute Gasteiger partial charge is 0.480 e. The molecule has 0 aliphatic rings. The third kappa shape index (κ3) is 3.60. The number of hydrogen-bond acceptors (Lipinski definition) is 3. The Morgan fingerprint density at radius 2 is 2.33 bits per heavy atom. The van der Waals surface area contributed by atoms with Gasteiger partial charge in [-0.05, 0) is 19.4 Å². The van der Waals surface area contributed by atoms with Crippen LogP contribution in [0.4, 0.5) is 0 Å². The van der Waals surface area contributed by atoms with Crippen LogP contribution in [0.3, 0.4) is 0 Å². The van der Waals surface area contributed by atoms with Crippen molar-refractivity contribution in [1.29, 1.82) is 0 Å². The number of para-hydroxylation sites is 1. The number of aryl methyl sites for hydroxylation is 1. The fourth-order valence-electron chi connectivity index (χ4n) is 1.55. The molecule has 18 heavy (non-hydrogen) atoms. The average molecular weight is 249 g/mol. The molecule has 0 radical (unpaired) electrons. The second kappa shape index (κ2) is 6.81. The second-order valence-corrected chi connectivity index (χ2v) is 4.02. The first-order valence-electron chi connectivity index (χ1n) is 5.84. The minimum absolute atomic E-state index is 0.113. The first-order valence-corrected chi connectivity index (χ1v) is 5.84. The van der Waals surface area contributed by atoms with Crippen molar-refractivity contribution in [2.45, 2.75) is 26.6 Å². The SMILES string of the molecule is C=CCNC(=O)C(C)Oc1c(C)cccc1CO. The maximum absolute atomic E-state index is 11.7. The summed E-state index contributed by atoms with van der Waals surface area (Å²) in [6, 6.07) is 5.50. The first-order chi connectivity index (χ1) is 8.60. The van der Waals surface area contributed by atoms with E-state index >= 15 is 0 Å². The maximum Gasteiger partial charge on any atom is 0.261 e. The first kappa shape index (κ1) is 14.3. The second-order valence-electron chi connectivity index (χ2n) is 4.02. The molecule has 1 amide bonds. The van der Waals surface area contributed by atoms with Gasteiger partial charge in [0.25, 0.3) is 5.91 Å². The van der Waals surface area contributed by atoms with Gasteiger partial charge in [-0.3, -0.25) is 4.79 Å². The molecule has 4 heteroatoms. The minimum Gasteiger partial charge on any atom is -0.480 e. The zero-order chi connectivity index (χ0) is 13.5. The molecule has 98 valence electrons. The van der Waals surface area contributed by atoms with Crippen LogP contribution in [0, 0.1) is 6.92 Å². The standard InChI is InChI=1S/C14H19NO3/c1-4-8-15-14(17)11(3)18-13-10(2)6-5-7-12(13)9-16/h4-7,11,16H,1,8-9H2,2-3H3,(H,15,17). The highest BCUT2D eigenvalue weighted by atomic mass is 16.5. The lowest BCUT2D eigenvalue weighted by Gasteiger charge is -2.18. The van der Waals surface area contributed by atoms with Crippen molar-refractivity contribution in [1.82, 2.24) is 5.32 Å². The number of aliphatic hydroxyl groups is 1. The van der Waals surface area contributed by atoms with Crippen LogP contribution in [0.15, 0.2) is 30.9 Å². The molecule has 1 aromatic rings. The summed E-state index contributed by atoms with van der Waals surface area (Å²) in [5.74, 6) is 0.364. The molecule has 1 aromatic carbocycles. The van der Waals surface area contributed by atoms with E-state index in [0.717, 1.165) is 5.56 Å². The van der Waals surface area contributed by atoms with Gasteiger partial charge in [-0.25, -0.2) is 0 Å². The van der Waals surface area contributed by atoms with Crippen LogP contribution in [0.1, 0.15) is 18.1 Å². The van der Waals surface area contributed by atoms with E-state index in [-0.39, 0.29) is 12.5 Å². The van der Waals surface area contributed by atoms with Crippen LogP contribution in [-0.2, 0) is 11.4 Å². The van der Waals surface area contributed by atoms with Crippen molar-refractivity contribution in [3.05, 3.63) is 42.0 Å². The van der Waals surface area contributed by atoms with Gasteiger partial charge in [0.05, 0.1) is 6.61 Å². The minimum atomic E-state index is -0.614. The average Bonchev–Trinajstić information content (AvgIpc) is 2.38. The van der Waals surface area contributed by atoms with Crippen LogP contribution < -0.4 is 10.1 Å². The topological polar surface area (TPSA) is 58.6 Å². The van der Waals surface area contributed by atoms with Crippen molar-refractivity contribution in [2.75, 3.05) is 6.54 Å². The van der Waals surface area contributed by atoms with Crippen molar-refractivity contribution >= 4 is 5.91 Å². The molecule has 4 nitrogen and oxygen atoms in total. The quantitative estimate of drug-likeness (QED) is 0.752. The highest BCUT2D eigenvalue weighted by Crippen LogP contribution is 2.24. The van der Waals surface area contributed by atoms with Crippen molar-refractivity contribution in [3.8, 4) is 5.75 Å². The van der Waals surface area contributed by atoms with E-state index in [1.165, 1.54) is 0 Å². The van der Waals surface area contributed by atoms with Gasteiger partial charge in [-0.1, -0.05) is 24.3 Å². The van der Waals surface area contributed by atoms with Crippen LogP contribution in [0.5, 0.6) is 5.75 Å². The normalized spacial score (nSPS) is 11.7. The van der Waals surface area contributed by atoms with Gasteiger partial charge < -0.3 is 15.2 Å². The Labute approximate surface area is 107 Å². The lowest BCUT2D eigenvalue weighted by molar-refractivity contribution is -0.127. The highest BCUT2D eigenvalue weighted by Gasteiger charge is 2.16. The molecule has 0 aromatic heterocycles. The lowest BCUT2D eigenvalue weighted by Crippen LogP contribution is -2.36. The number of ether oxygens (including phenoxy) is 1. The van der Waals surface area contributed by atoms with Gasteiger partial charge in [0.2, 0.25) is 0 Å². The van der Waals surface area contributed by atoms with E-state index in [1.54, 1.807) is 19.1 Å². The zero-order valence-corrected chi connectivity index (χ0v) is 10.8. The Morgan fingerprint density at radius 1 is 1.61 bits per heavy atom. The zero-order valence-electron chi connectivity index (χ0n) is 10.8. The number of carbonyl (C=O) groups is 1. The molecule has 1 rings (SSSR count). The number of hydrogen-bond donors (Lipinski definition) is 2. The molecular formula is C14H19NO3. The van der Waals surface area contributed by atoms with Crippen molar-refractivity contribution < 1.29 is 14.6 Å². The molecule has 1 atom stereocenters. The summed E-state index contributed by atoms with van der Waals surface area (Å²) in [6.07, 6.45) is 0.994. The number of benzene rings is 1. The van der Waals surface area contributed by atoms with Gasteiger partial charge in [0, 0.05) is 12.1 Å². The molecule has 2 N–H and O–H groups in total.